The Hall–Kier alpha value is -4.26. The lowest BCUT2D eigenvalue weighted by Crippen LogP contribution is -2.29. The molecule has 0 bridgehead atoms. The summed E-state index contributed by atoms with van der Waals surface area (Å²) < 4.78 is 11.5. The van der Waals surface area contributed by atoms with Gasteiger partial charge in [-0.1, -0.05) is 19.1 Å². The molecule has 0 spiro atoms. The first kappa shape index (κ1) is 27.8. The molecule has 0 aromatic heterocycles. The number of rotatable bonds is 9. The highest BCUT2D eigenvalue weighted by Gasteiger charge is 2.47. The number of amides is 1. The van der Waals surface area contributed by atoms with Crippen molar-refractivity contribution in [3.63, 3.8) is 0 Å². The van der Waals surface area contributed by atoms with Crippen LogP contribution in [0.15, 0.2) is 72.3 Å². The summed E-state index contributed by atoms with van der Waals surface area (Å²) in [6, 6.07) is 19.2. The first-order valence-electron chi connectivity index (χ1n) is 13.2. The van der Waals surface area contributed by atoms with E-state index in [0.717, 1.165) is 17.7 Å². The summed E-state index contributed by atoms with van der Waals surface area (Å²) in [5.41, 5.74) is 3.54. The summed E-state index contributed by atoms with van der Waals surface area (Å²) in [6.45, 7) is 8.38. The zero-order chi connectivity index (χ0) is 28.3. The van der Waals surface area contributed by atoms with Crippen molar-refractivity contribution in [3.05, 3.63) is 89.0 Å². The molecule has 1 aliphatic heterocycles. The number of hydrogen-bond acceptors (Lipinski definition) is 6. The van der Waals surface area contributed by atoms with Crippen molar-refractivity contribution in [2.45, 2.75) is 46.3 Å². The Bertz CT molecular complexity index is 1370. The third-order valence-electron chi connectivity index (χ3n) is 6.57. The number of carbonyl (C=O) groups is 2. The summed E-state index contributed by atoms with van der Waals surface area (Å²) in [7, 11) is 3.89. The maximum absolute atomic E-state index is 13.5. The molecule has 3 aromatic rings. The minimum Gasteiger partial charge on any atom is -0.507 e. The van der Waals surface area contributed by atoms with Crippen LogP contribution in [0, 0.1) is 6.92 Å². The van der Waals surface area contributed by atoms with Crippen molar-refractivity contribution in [1.29, 1.82) is 0 Å². The smallest absolute Gasteiger partial charge is 0.300 e. The lowest BCUT2D eigenvalue weighted by Gasteiger charge is -2.26. The molecule has 1 N–H and O–H groups in total. The van der Waals surface area contributed by atoms with Crippen molar-refractivity contribution in [2.24, 2.45) is 0 Å². The van der Waals surface area contributed by atoms with E-state index in [-0.39, 0.29) is 17.4 Å². The van der Waals surface area contributed by atoms with Crippen LogP contribution in [0.5, 0.6) is 11.5 Å². The highest BCUT2D eigenvalue weighted by atomic mass is 16.5. The normalized spacial score (nSPS) is 16.6. The predicted molar refractivity (Wildman–Crippen MR) is 155 cm³/mol. The second kappa shape index (κ2) is 11.6. The van der Waals surface area contributed by atoms with E-state index in [1.54, 1.807) is 42.5 Å². The topological polar surface area (TPSA) is 79.3 Å². The summed E-state index contributed by atoms with van der Waals surface area (Å²) in [6.07, 6.45) is 0.879. The van der Waals surface area contributed by atoms with E-state index in [4.69, 9.17) is 9.47 Å². The molecule has 1 amide bonds. The molecule has 1 saturated heterocycles. The fraction of sp³-hybridized carbons (Fsp3) is 0.312. The molecule has 3 aromatic carbocycles. The van der Waals surface area contributed by atoms with Gasteiger partial charge in [0.05, 0.1) is 24.3 Å². The Morgan fingerprint density at radius 1 is 1.00 bits per heavy atom. The lowest BCUT2D eigenvalue weighted by molar-refractivity contribution is -0.132. The second-order valence-corrected chi connectivity index (χ2v) is 10.1. The molecule has 1 fully saturated rings. The van der Waals surface area contributed by atoms with Crippen LogP contribution < -0.4 is 19.3 Å². The maximum Gasteiger partial charge on any atom is 0.300 e. The van der Waals surface area contributed by atoms with E-state index >= 15 is 0 Å². The van der Waals surface area contributed by atoms with E-state index in [1.165, 1.54) is 4.90 Å². The van der Waals surface area contributed by atoms with Gasteiger partial charge in [0.25, 0.3) is 11.7 Å². The van der Waals surface area contributed by atoms with Gasteiger partial charge < -0.3 is 19.5 Å². The van der Waals surface area contributed by atoms with Gasteiger partial charge in [-0.05, 0) is 92.9 Å². The minimum absolute atomic E-state index is 0.00232. The summed E-state index contributed by atoms with van der Waals surface area (Å²) in [5, 5.41) is 11.5. The SMILES string of the molecule is CCCOc1ccc(/C(O)=C2/C(=O)C(=O)N(c3ccc(OC(C)C)cc3)C2c2ccc(N(C)C)cc2)cc1C. The van der Waals surface area contributed by atoms with Crippen molar-refractivity contribution < 1.29 is 24.2 Å². The van der Waals surface area contributed by atoms with Gasteiger partial charge in [0, 0.05) is 31.0 Å². The van der Waals surface area contributed by atoms with Gasteiger partial charge >= 0.3 is 0 Å². The third-order valence-corrected chi connectivity index (χ3v) is 6.57. The molecule has 7 heteroatoms. The molecule has 4 rings (SSSR count). The van der Waals surface area contributed by atoms with Crippen molar-refractivity contribution in [1.82, 2.24) is 0 Å². The van der Waals surface area contributed by atoms with Crippen LogP contribution in [0.1, 0.15) is 49.9 Å². The van der Waals surface area contributed by atoms with Gasteiger partial charge in [-0.3, -0.25) is 14.5 Å². The molecule has 0 saturated carbocycles. The average Bonchev–Trinajstić information content (AvgIpc) is 3.17. The van der Waals surface area contributed by atoms with Crippen molar-refractivity contribution in [3.8, 4) is 11.5 Å². The number of aryl methyl sites for hydroxylation is 1. The standard InChI is InChI=1S/C32H36N2O5/c1-7-18-38-27-17-10-23(19-21(27)4)30(35)28-29(22-8-11-24(12-9-22)33(5)6)34(32(37)31(28)36)25-13-15-26(16-14-25)39-20(2)3/h8-17,19-20,29,35H,7,18H2,1-6H3/b30-28-. The number of anilines is 2. The van der Waals surface area contributed by atoms with Crippen LogP contribution in [-0.2, 0) is 9.59 Å². The lowest BCUT2D eigenvalue weighted by atomic mass is 9.94. The fourth-order valence-electron chi connectivity index (χ4n) is 4.65. The third kappa shape index (κ3) is 5.77. The zero-order valence-electron chi connectivity index (χ0n) is 23.4. The van der Waals surface area contributed by atoms with E-state index in [0.29, 0.717) is 34.9 Å². The Morgan fingerprint density at radius 3 is 2.23 bits per heavy atom. The fourth-order valence-corrected chi connectivity index (χ4v) is 4.65. The van der Waals surface area contributed by atoms with Crippen molar-refractivity contribution in [2.75, 3.05) is 30.5 Å². The van der Waals surface area contributed by atoms with Gasteiger partial charge in [0.15, 0.2) is 0 Å². The number of Topliss-reactive ketones (excluding diaryl/α,β-unsaturated/α-hetero) is 1. The van der Waals surface area contributed by atoms with Crippen molar-refractivity contribution >= 4 is 28.8 Å². The summed E-state index contributed by atoms with van der Waals surface area (Å²) in [5.74, 6) is -0.273. The Labute approximate surface area is 230 Å². The first-order chi connectivity index (χ1) is 18.6. The Kier molecular flexibility index (Phi) is 8.29. The van der Waals surface area contributed by atoms with E-state index in [9.17, 15) is 14.7 Å². The van der Waals surface area contributed by atoms with E-state index < -0.39 is 17.7 Å². The molecule has 0 radical (unpaired) electrons. The van der Waals surface area contributed by atoms with Crippen LogP contribution in [-0.4, -0.2) is 43.6 Å². The highest BCUT2D eigenvalue weighted by molar-refractivity contribution is 6.51. The molecule has 1 atom stereocenters. The maximum atomic E-state index is 13.5. The number of ketones is 1. The van der Waals surface area contributed by atoms with Gasteiger partial charge in [-0.25, -0.2) is 0 Å². The number of benzene rings is 3. The van der Waals surface area contributed by atoms with Crippen LogP contribution >= 0.6 is 0 Å². The number of ether oxygens (including phenoxy) is 2. The Morgan fingerprint density at radius 2 is 1.67 bits per heavy atom. The number of hydrogen-bond donors (Lipinski definition) is 1. The van der Waals surface area contributed by atoms with Crippen LogP contribution in [0.25, 0.3) is 5.76 Å². The monoisotopic (exact) mass is 528 g/mol. The average molecular weight is 529 g/mol. The zero-order valence-corrected chi connectivity index (χ0v) is 23.4. The largest absolute Gasteiger partial charge is 0.507 e. The molecule has 1 heterocycles. The van der Waals surface area contributed by atoms with Gasteiger partial charge in [-0.2, -0.15) is 0 Å². The molecule has 204 valence electrons. The predicted octanol–water partition coefficient (Wildman–Crippen LogP) is 6.26. The summed E-state index contributed by atoms with van der Waals surface area (Å²) >= 11 is 0. The molecular formula is C32H36N2O5. The van der Waals surface area contributed by atoms with Crippen LogP contribution in [0.4, 0.5) is 11.4 Å². The molecule has 1 unspecified atom stereocenters. The van der Waals surface area contributed by atoms with E-state index in [1.807, 2.05) is 71.0 Å². The number of nitrogens with zero attached hydrogens (tertiary/aromatic N) is 2. The number of carbonyl (C=O) groups excluding carboxylic acids is 2. The van der Waals surface area contributed by atoms with Crippen LogP contribution in [0.3, 0.4) is 0 Å². The number of aliphatic hydroxyl groups is 1. The van der Waals surface area contributed by atoms with Gasteiger partial charge in [-0.15, -0.1) is 0 Å². The molecule has 7 nitrogen and oxygen atoms in total. The summed E-state index contributed by atoms with van der Waals surface area (Å²) in [4.78, 5) is 30.4. The molecule has 1 aliphatic rings. The first-order valence-corrected chi connectivity index (χ1v) is 13.2. The molecular weight excluding hydrogens is 492 g/mol. The second-order valence-electron chi connectivity index (χ2n) is 10.1. The minimum atomic E-state index is -0.811. The highest BCUT2D eigenvalue weighted by Crippen LogP contribution is 2.43. The molecule has 0 aliphatic carbocycles. The van der Waals surface area contributed by atoms with E-state index in [2.05, 4.69) is 0 Å². The quantitative estimate of drug-likeness (QED) is 0.201. The molecule has 39 heavy (non-hydrogen) atoms. The van der Waals surface area contributed by atoms with Gasteiger partial charge in [0.2, 0.25) is 0 Å². The number of aliphatic hydroxyl groups excluding tert-OH is 1. The van der Waals surface area contributed by atoms with Crippen LogP contribution in [0.2, 0.25) is 0 Å². The van der Waals surface area contributed by atoms with Gasteiger partial charge in [0.1, 0.15) is 17.3 Å². The Balaban J connectivity index is 1.84.